The van der Waals surface area contributed by atoms with E-state index in [9.17, 15) is 8.42 Å². The van der Waals surface area contributed by atoms with E-state index in [-0.39, 0.29) is 4.90 Å². The third-order valence-electron chi connectivity index (χ3n) is 2.81. The third-order valence-corrected chi connectivity index (χ3v) is 4.68. The molecule has 1 aliphatic heterocycles. The first kappa shape index (κ1) is 11.9. The summed E-state index contributed by atoms with van der Waals surface area (Å²) in [5.41, 5.74) is 2.15. The summed E-state index contributed by atoms with van der Waals surface area (Å²) < 4.78 is 23.3. The predicted octanol–water partition coefficient (Wildman–Crippen LogP) is 1.48. The summed E-state index contributed by atoms with van der Waals surface area (Å²) in [5, 5.41) is 5.16. The van der Waals surface area contributed by atoms with Gasteiger partial charge in [-0.05, 0) is 47.0 Å². The summed E-state index contributed by atoms with van der Waals surface area (Å²) in [4.78, 5) is 2.31. The minimum absolute atomic E-state index is 0.159. The van der Waals surface area contributed by atoms with Gasteiger partial charge in [-0.1, -0.05) is 0 Å². The molecule has 2 rings (SSSR count). The highest BCUT2D eigenvalue weighted by Gasteiger charge is 2.22. The molecule has 0 aromatic heterocycles. The number of nitrogens with two attached hydrogens (primary N) is 1. The SMILES string of the molecule is CCN1CCc2cc(Br)c(S(N)(=O)=O)cc21. The van der Waals surface area contributed by atoms with Gasteiger partial charge in [-0.3, -0.25) is 0 Å². The van der Waals surface area contributed by atoms with Crippen molar-refractivity contribution in [3.63, 3.8) is 0 Å². The van der Waals surface area contributed by atoms with Crippen LogP contribution in [0.25, 0.3) is 0 Å². The summed E-state index contributed by atoms with van der Waals surface area (Å²) in [6.07, 6.45) is 0.951. The first-order valence-electron chi connectivity index (χ1n) is 5.03. The third kappa shape index (κ3) is 1.97. The zero-order valence-electron chi connectivity index (χ0n) is 8.90. The van der Waals surface area contributed by atoms with E-state index in [0.29, 0.717) is 4.47 Å². The number of halogens is 1. The van der Waals surface area contributed by atoms with Crippen molar-refractivity contribution in [1.29, 1.82) is 0 Å². The molecule has 0 atom stereocenters. The molecule has 1 aromatic rings. The fourth-order valence-corrected chi connectivity index (χ4v) is 3.68. The molecule has 0 aliphatic carbocycles. The van der Waals surface area contributed by atoms with Gasteiger partial charge in [0, 0.05) is 23.2 Å². The van der Waals surface area contributed by atoms with Crippen LogP contribution in [0, 0.1) is 0 Å². The number of likely N-dealkylation sites (N-methyl/N-ethyl adjacent to an activating group) is 1. The second kappa shape index (κ2) is 4.01. The van der Waals surface area contributed by atoms with E-state index in [2.05, 4.69) is 20.8 Å². The molecule has 1 heterocycles. The molecule has 16 heavy (non-hydrogen) atoms. The van der Waals surface area contributed by atoms with Crippen LogP contribution in [-0.2, 0) is 16.4 Å². The van der Waals surface area contributed by atoms with Gasteiger partial charge in [-0.15, -0.1) is 0 Å². The summed E-state index contributed by atoms with van der Waals surface area (Å²) in [7, 11) is -3.66. The molecular weight excluding hydrogens is 292 g/mol. The molecule has 1 aliphatic rings. The Morgan fingerprint density at radius 3 is 2.75 bits per heavy atom. The topological polar surface area (TPSA) is 63.4 Å². The molecule has 0 bridgehead atoms. The second-order valence-electron chi connectivity index (χ2n) is 3.79. The van der Waals surface area contributed by atoms with Gasteiger partial charge in [0.2, 0.25) is 10.0 Å². The summed E-state index contributed by atoms with van der Waals surface area (Å²) in [6.45, 7) is 3.86. The van der Waals surface area contributed by atoms with Crippen LogP contribution in [0.2, 0.25) is 0 Å². The molecule has 0 fully saturated rings. The lowest BCUT2D eigenvalue weighted by atomic mass is 10.2. The van der Waals surface area contributed by atoms with Gasteiger partial charge >= 0.3 is 0 Å². The number of rotatable bonds is 2. The standard InChI is InChI=1S/C10H13BrN2O2S/c1-2-13-4-3-7-5-8(11)10(6-9(7)13)16(12,14)15/h5-6H,2-4H2,1H3,(H2,12,14,15). The van der Waals surface area contributed by atoms with Crippen molar-refractivity contribution >= 4 is 31.6 Å². The molecule has 0 saturated heterocycles. The van der Waals surface area contributed by atoms with Crippen molar-refractivity contribution in [2.75, 3.05) is 18.0 Å². The van der Waals surface area contributed by atoms with Gasteiger partial charge in [0.15, 0.2) is 0 Å². The van der Waals surface area contributed by atoms with Crippen molar-refractivity contribution in [2.45, 2.75) is 18.2 Å². The first-order chi connectivity index (χ1) is 7.43. The minimum Gasteiger partial charge on any atom is -0.371 e. The smallest absolute Gasteiger partial charge is 0.239 e. The van der Waals surface area contributed by atoms with Crippen LogP contribution < -0.4 is 10.0 Å². The molecule has 0 radical (unpaired) electrons. The average Bonchev–Trinajstić information content (AvgIpc) is 2.56. The normalized spacial score (nSPS) is 15.3. The molecule has 4 nitrogen and oxygen atoms in total. The van der Waals surface area contributed by atoms with E-state index in [1.807, 2.05) is 13.0 Å². The van der Waals surface area contributed by atoms with Crippen LogP contribution in [-0.4, -0.2) is 21.5 Å². The van der Waals surface area contributed by atoms with E-state index < -0.39 is 10.0 Å². The summed E-state index contributed by atoms with van der Waals surface area (Å²) >= 11 is 3.25. The molecular formula is C10H13BrN2O2S. The maximum absolute atomic E-state index is 11.4. The van der Waals surface area contributed by atoms with Crippen LogP contribution in [0.15, 0.2) is 21.5 Å². The Bertz CT molecular complexity index is 528. The Kier molecular flexibility index (Phi) is 2.98. The Morgan fingerprint density at radius 2 is 2.19 bits per heavy atom. The summed E-state index contributed by atoms with van der Waals surface area (Å²) in [5.74, 6) is 0. The lowest BCUT2D eigenvalue weighted by Gasteiger charge is -2.17. The number of primary sulfonamides is 1. The summed E-state index contributed by atoms with van der Waals surface area (Å²) in [6, 6.07) is 3.51. The zero-order valence-corrected chi connectivity index (χ0v) is 11.3. The second-order valence-corrected chi connectivity index (χ2v) is 6.17. The van der Waals surface area contributed by atoms with Crippen LogP contribution >= 0.6 is 15.9 Å². The number of sulfonamides is 1. The van der Waals surface area contributed by atoms with E-state index in [0.717, 1.165) is 25.2 Å². The van der Waals surface area contributed by atoms with Crippen molar-refractivity contribution < 1.29 is 8.42 Å². The van der Waals surface area contributed by atoms with Crippen LogP contribution in [0.3, 0.4) is 0 Å². The number of benzene rings is 1. The van der Waals surface area contributed by atoms with Crippen molar-refractivity contribution in [1.82, 2.24) is 0 Å². The van der Waals surface area contributed by atoms with Gasteiger partial charge < -0.3 is 4.90 Å². The highest BCUT2D eigenvalue weighted by Crippen LogP contribution is 2.34. The van der Waals surface area contributed by atoms with E-state index in [1.165, 1.54) is 5.56 Å². The van der Waals surface area contributed by atoms with Gasteiger partial charge in [0.1, 0.15) is 0 Å². The number of hydrogen-bond donors (Lipinski definition) is 1. The fourth-order valence-electron chi connectivity index (χ4n) is 2.00. The Balaban J connectivity index is 2.60. The van der Waals surface area contributed by atoms with E-state index in [4.69, 9.17) is 5.14 Å². The number of hydrogen-bond acceptors (Lipinski definition) is 3. The number of nitrogens with zero attached hydrogens (tertiary/aromatic N) is 1. The highest BCUT2D eigenvalue weighted by atomic mass is 79.9. The van der Waals surface area contributed by atoms with Crippen LogP contribution in [0.1, 0.15) is 12.5 Å². The lowest BCUT2D eigenvalue weighted by molar-refractivity contribution is 0.597. The molecule has 0 saturated carbocycles. The maximum Gasteiger partial charge on any atom is 0.239 e. The van der Waals surface area contributed by atoms with Crippen LogP contribution in [0.4, 0.5) is 5.69 Å². The average molecular weight is 305 g/mol. The van der Waals surface area contributed by atoms with Gasteiger partial charge in [0.25, 0.3) is 0 Å². The number of fused-ring (bicyclic) bond motifs is 1. The van der Waals surface area contributed by atoms with Gasteiger partial charge in [0.05, 0.1) is 4.90 Å². The Morgan fingerprint density at radius 1 is 1.50 bits per heavy atom. The van der Waals surface area contributed by atoms with Crippen molar-refractivity contribution in [3.05, 3.63) is 22.2 Å². The fraction of sp³-hybridized carbons (Fsp3) is 0.400. The van der Waals surface area contributed by atoms with E-state index >= 15 is 0 Å². The quantitative estimate of drug-likeness (QED) is 0.900. The zero-order chi connectivity index (χ0) is 11.9. The molecule has 2 N–H and O–H groups in total. The van der Waals surface area contributed by atoms with E-state index in [1.54, 1.807) is 6.07 Å². The predicted molar refractivity (Wildman–Crippen MR) is 67.1 cm³/mol. The maximum atomic E-state index is 11.4. The lowest BCUT2D eigenvalue weighted by Crippen LogP contribution is -2.20. The van der Waals surface area contributed by atoms with Crippen LogP contribution in [0.5, 0.6) is 0 Å². The molecule has 0 amide bonds. The monoisotopic (exact) mass is 304 g/mol. The molecule has 0 spiro atoms. The largest absolute Gasteiger partial charge is 0.371 e. The van der Waals surface area contributed by atoms with Gasteiger partial charge in [-0.2, -0.15) is 0 Å². The molecule has 88 valence electrons. The Labute approximate surface area is 104 Å². The van der Waals surface area contributed by atoms with Gasteiger partial charge in [-0.25, -0.2) is 13.6 Å². The first-order valence-corrected chi connectivity index (χ1v) is 7.37. The highest BCUT2D eigenvalue weighted by molar-refractivity contribution is 9.10. The van der Waals surface area contributed by atoms with Crippen molar-refractivity contribution in [3.8, 4) is 0 Å². The number of anilines is 1. The van der Waals surface area contributed by atoms with Crippen molar-refractivity contribution in [2.24, 2.45) is 5.14 Å². The Hall–Kier alpha value is -0.590. The minimum atomic E-state index is -3.66. The molecule has 0 unspecified atom stereocenters. The molecule has 6 heteroatoms. The molecule has 1 aromatic carbocycles.